The SMILES string of the molecule is COc1ccc(CC(O)C2CCCCC2)cc1. The first-order valence-corrected chi connectivity index (χ1v) is 6.60. The van der Waals surface area contributed by atoms with Crippen molar-refractivity contribution in [3.8, 4) is 5.75 Å². The van der Waals surface area contributed by atoms with E-state index < -0.39 is 0 Å². The summed E-state index contributed by atoms with van der Waals surface area (Å²) in [5.74, 6) is 1.38. The molecule has 1 aliphatic rings. The number of aliphatic hydroxyl groups is 1. The summed E-state index contributed by atoms with van der Waals surface area (Å²) in [6.45, 7) is 0. The van der Waals surface area contributed by atoms with Crippen molar-refractivity contribution in [3.05, 3.63) is 29.8 Å². The average molecular weight is 234 g/mol. The van der Waals surface area contributed by atoms with Gasteiger partial charge in [-0.25, -0.2) is 0 Å². The Kier molecular flexibility index (Phi) is 4.43. The highest BCUT2D eigenvalue weighted by Crippen LogP contribution is 2.28. The molecular weight excluding hydrogens is 212 g/mol. The van der Waals surface area contributed by atoms with Gasteiger partial charge in [0.05, 0.1) is 13.2 Å². The van der Waals surface area contributed by atoms with E-state index in [9.17, 15) is 5.11 Å². The van der Waals surface area contributed by atoms with E-state index in [-0.39, 0.29) is 6.10 Å². The molecule has 1 unspecified atom stereocenters. The molecule has 1 atom stereocenters. The number of benzene rings is 1. The van der Waals surface area contributed by atoms with Crippen LogP contribution >= 0.6 is 0 Å². The molecule has 1 N–H and O–H groups in total. The van der Waals surface area contributed by atoms with Gasteiger partial charge in [0.15, 0.2) is 0 Å². The van der Waals surface area contributed by atoms with Crippen LogP contribution in [0, 0.1) is 5.92 Å². The van der Waals surface area contributed by atoms with Crippen molar-refractivity contribution >= 4 is 0 Å². The summed E-state index contributed by atoms with van der Waals surface area (Å²) < 4.78 is 5.13. The van der Waals surface area contributed by atoms with Gasteiger partial charge in [0, 0.05) is 0 Å². The summed E-state index contributed by atoms with van der Waals surface area (Å²) in [7, 11) is 1.67. The lowest BCUT2D eigenvalue weighted by Crippen LogP contribution is -2.24. The molecule has 1 saturated carbocycles. The van der Waals surface area contributed by atoms with Gasteiger partial charge in [-0.15, -0.1) is 0 Å². The number of hydrogen-bond donors (Lipinski definition) is 1. The molecule has 17 heavy (non-hydrogen) atoms. The Bertz CT molecular complexity index is 325. The Morgan fingerprint density at radius 2 is 1.82 bits per heavy atom. The fraction of sp³-hybridized carbons (Fsp3) is 0.600. The topological polar surface area (TPSA) is 29.5 Å². The van der Waals surface area contributed by atoms with Crippen molar-refractivity contribution in [2.75, 3.05) is 7.11 Å². The molecule has 0 aromatic heterocycles. The maximum absolute atomic E-state index is 10.2. The zero-order chi connectivity index (χ0) is 12.1. The highest BCUT2D eigenvalue weighted by atomic mass is 16.5. The molecule has 1 aromatic rings. The molecule has 0 radical (unpaired) electrons. The van der Waals surface area contributed by atoms with Crippen LogP contribution < -0.4 is 4.74 Å². The molecule has 2 nitrogen and oxygen atoms in total. The summed E-state index contributed by atoms with van der Waals surface area (Å²) >= 11 is 0. The van der Waals surface area contributed by atoms with Crippen LogP contribution in [0.5, 0.6) is 5.75 Å². The quantitative estimate of drug-likeness (QED) is 0.867. The molecule has 0 bridgehead atoms. The third-order valence-corrected chi connectivity index (χ3v) is 3.80. The maximum Gasteiger partial charge on any atom is 0.118 e. The largest absolute Gasteiger partial charge is 0.497 e. The van der Waals surface area contributed by atoms with E-state index in [1.54, 1.807) is 7.11 Å². The van der Waals surface area contributed by atoms with Crippen LogP contribution in [0.2, 0.25) is 0 Å². The molecule has 1 fully saturated rings. The van der Waals surface area contributed by atoms with Crippen LogP contribution in [0.15, 0.2) is 24.3 Å². The van der Waals surface area contributed by atoms with Crippen LogP contribution in [-0.4, -0.2) is 18.3 Å². The Morgan fingerprint density at radius 3 is 2.41 bits per heavy atom. The van der Waals surface area contributed by atoms with Crippen LogP contribution in [0.4, 0.5) is 0 Å². The van der Waals surface area contributed by atoms with Gasteiger partial charge >= 0.3 is 0 Å². The van der Waals surface area contributed by atoms with Gasteiger partial charge in [0.1, 0.15) is 5.75 Å². The third-order valence-electron chi connectivity index (χ3n) is 3.80. The minimum atomic E-state index is -0.177. The molecule has 0 heterocycles. The van der Waals surface area contributed by atoms with Crippen molar-refractivity contribution in [1.82, 2.24) is 0 Å². The molecule has 0 spiro atoms. The van der Waals surface area contributed by atoms with Crippen molar-refractivity contribution in [1.29, 1.82) is 0 Å². The maximum atomic E-state index is 10.2. The summed E-state index contributed by atoms with van der Waals surface area (Å²) in [5, 5.41) is 10.2. The van der Waals surface area contributed by atoms with Crippen molar-refractivity contribution in [2.45, 2.75) is 44.6 Å². The fourth-order valence-electron chi connectivity index (χ4n) is 2.69. The van der Waals surface area contributed by atoms with E-state index in [0.717, 1.165) is 12.2 Å². The lowest BCUT2D eigenvalue weighted by atomic mass is 9.83. The second-order valence-electron chi connectivity index (χ2n) is 5.02. The highest BCUT2D eigenvalue weighted by molar-refractivity contribution is 5.27. The third kappa shape index (κ3) is 3.47. The summed E-state index contributed by atoms with van der Waals surface area (Å²) in [4.78, 5) is 0. The lowest BCUT2D eigenvalue weighted by molar-refractivity contribution is 0.0851. The standard InChI is InChI=1S/C15H22O2/c1-17-14-9-7-12(8-10-14)11-15(16)13-5-3-2-4-6-13/h7-10,13,15-16H,2-6,11H2,1H3. The predicted octanol–water partition coefficient (Wildman–Crippen LogP) is 3.18. The van der Waals surface area contributed by atoms with Crippen molar-refractivity contribution < 1.29 is 9.84 Å². The first kappa shape index (κ1) is 12.4. The van der Waals surface area contributed by atoms with Gasteiger partial charge in [-0.2, -0.15) is 0 Å². The normalized spacial score (nSPS) is 18.9. The number of hydrogen-bond acceptors (Lipinski definition) is 2. The van der Waals surface area contributed by atoms with Gasteiger partial charge < -0.3 is 9.84 Å². The summed E-state index contributed by atoms with van der Waals surface area (Å²) in [6.07, 6.45) is 6.88. The second-order valence-corrected chi connectivity index (χ2v) is 5.02. The smallest absolute Gasteiger partial charge is 0.118 e. The highest BCUT2D eigenvalue weighted by Gasteiger charge is 2.21. The zero-order valence-electron chi connectivity index (χ0n) is 10.6. The second kappa shape index (κ2) is 6.06. The van der Waals surface area contributed by atoms with E-state index >= 15 is 0 Å². The lowest BCUT2D eigenvalue weighted by Gasteiger charge is -2.26. The minimum absolute atomic E-state index is 0.177. The molecule has 1 aliphatic carbocycles. The molecule has 0 amide bonds. The number of ether oxygens (including phenoxy) is 1. The summed E-state index contributed by atoms with van der Waals surface area (Å²) in [5.41, 5.74) is 1.20. The van der Waals surface area contributed by atoms with Gasteiger partial charge in [-0.3, -0.25) is 0 Å². The monoisotopic (exact) mass is 234 g/mol. The molecule has 94 valence electrons. The molecule has 1 aromatic carbocycles. The van der Waals surface area contributed by atoms with Gasteiger partial charge in [0.25, 0.3) is 0 Å². The van der Waals surface area contributed by atoms with Crippen molar-refractivity contribution in [2.24, 2.45) is 5.92 Å². The Morgan fingerprint density at radius 1 is 1.18 bits per heavy atom. The molecule has 0 aliphatic heterocycles. The minimum Gasteiger partial charge on any atom is -0.497 e. The first-order valence-electron chi connectivity index (χ1n) is 6.60. The molecule has 0 saturated heterocycles. The number of aliphatic hydroxyl groups excluding tert-OH is 1. The average Bonchev–Trinajstić information content (AvgIpc) is 2.40. The number of methoxy groups -OCH3 is 1. The van der Waals surface area contributed by atoms with Crippen molar-refractivity contribution in [3.63, 3.8) is 0 Å². The van der Waals surface area contributed by atoms with Gasteiger partial charge in [0.2, 0.25) is 0 Å². The first-order chi connectivity index (χ1) is 8.29. The Hall–Kier alpha value is -1.02. The van der Waals surface area contributed by atoms with Crippen LogP contribution in [0.1, 0.15) is 37.7 Å². The van der Waals surface area contributed by atoms with E-state index in [4.69, 9.17) is 4.74 Å². The van der Waals surface area contributed by atoms with Gasteiger partial charge in [-0.05, 0) is 42.9 Å². The van der Waals surface area contributed by atoms with E-state index in [1.165, 1.54) is 37.7 Å². The van der Waals surface area contributed by atoms with Crippen LogP contribution in [0.25, 0.3) is 0 Å². The Labute approximate surface area is 104 Å². The van der Waals surface area contributed by atoms with E-state index in [0.29, 0.717) is 5.92 Å². The van der Waals surface area contributed by atoms with Crippen LogP contribution in [0.3, 0.4) is 0 Å². The molecule has 2 rings (SSSR count). The predicted molar refractivity (Wildman–Crippen MR) is 69.3 cm³/mol. The van der Waals surface area contributed by atoms with E-state index in [2.05, 4.69) is 0 Å². The van der Waals surface area contributed by atoms with Gasteiger partial charge in [-0.1, -0.05) is 31.4 Å². The van der Waals surface area contributed by atoms with E-state index in [1.807, 2.05) is 24.3 Å². The zero-order valence-corrected chi connectivity index (χ0v) is 10.6. The summed E-state index contributed by atoms with van der Waals surface area (Å²) in [6, 6.07) is 8.02. The fourth-order valence-corrected chi connectivity index (χ4v) is 2.69. The van der Waals surface area contributed by atoms with Crippen LogP contribution in [-0.2, 0) is 6.42 Å². The molecule has 2 heteroatoms. The molecular formula is C15H22O2. The number of rotatable bonds is 4. The Balaban J connectivity index is 1.89.